The van der Waals surface area contributed by atoms with Crippen LogP contribution in [0.1, 0.15) is 44.9 Å². The van der Waals surface area contributed by atoms with Crippen molar-refractivity contribution in [3.8, 4) is 44.5 Å². The van der Waals surface area contributed by atoms with Crippen molar-refractivity contribution in [1.29, 1.82) is 0 Å². The lowest BCUT2D eigenvalue weighted by molar-refractivity contribution is 0.672. The van der Waals surface area contributed by atoms with E-state index in [1.54, 1.807) is 0 Å². The lowest BCUT2D eigenvalue weighted by Crippen LogP contribution is -2.26. The third-order valence-corrected chi connectivity index (χ3v) is 13.6. The summed E-state index contributed by atoms with van der Waals surface area (Å²) in [6.45, 7) is 0. The molecular formula is C60H38O. The van der Waals surface area contributed by atoms with E-state index in [2.05, 4.69) is 224 Å². The highest BCUT2D eigenvalue weighted by molar-refractivity contribution is 6.17. The molecule has 0 radical (unpaired) electrons. The standard InChI is InChI=1S/C60H38O/c1-3-16-38(17-4-1)40-20-15-21-42(34-40)58(51-37-52-50-35-41(39-18-5-2-6-19-39)31-33-57(50)61-59(52)49-26-8-7-22-44(49)51)43-30-32-48-47-25-11-14-29-55(47)60(56(48)36-43)53-27-12-9-23-45(53)46-24-10-13-28-54(46)60/h1-37,58H. The molecule has 0 amide bonds. The average Bonchev–Trinajstić information content (AvgIpc) is 3.96. The quantitative estimate of drug-likeness (QED) is 0.159. The Morgan fingerprint density at radius 2 is 0.836 bits per heavy atom. The zero-order valence-electron chi connectivity index (χ0n) is 33.3. The fourth-order valence-electron chi connectivity index (χ4n) is 11.0. The van der Waals surface area contributed by atoms with E-state index in [4.69, 9.17) is 4.42 Å². The minimum atomic E-state index is -0.438. The normalized spacial score (nSPS) is 13.6. The molecule has 0 N–H and O–H groups in total. The summed E-state index contributed by atoms with van der Waals surface area (Å²) in [6, 6.07) is 83.2. The smallest absolute Gasteiger partial charge is 0.143 e. The Morgan fingerprint density at radius 1 is 0.311 bits per heavy atom. The largest absolute Gasteiger partial charge is 0.455 e. The molecule has 0 saturated carbocycles. The van der Waals surface area contributed by atoms with E-state index in [9.17, 15) is 0 Å². The Morgan fingerprint density at radius 3 is 1.49 bits per heavy atom. The summed E-state index contributed by atoms with van der Waals surface area (Å²) in [7, 11) is 0. The molecule has 1 atom stereocenters. The van der Waals surface area contributed by atoms with E-state index < -0.39 is 5.41 Å². The maximum Gasteiger partial charge on any atom is 0.143 e. The summed E-state index contributed by atoms with van der Waals surface area (Å²) in [5, 5.41) is 4.58. The number of rotatable bonds is 5. The average molecular weight is 775 g/mol. The van der Waals surface area contributed by atoms with E-state index in [0.29, 0.717) is 0 Å². The van der Waals surface area contributed by atoms with Crippen LogP contribution < -0.4 is 0 Å². The third-order valence-electron chi connectivity index (χ3n) is 13.6. The van der Waals surface area contributed by atoms with Crippen LogP contribution in [0.4, 0.5) is 0 Å². The first-order valence-electron chi connectivity index (χ1n) is 21.3. The number of benzene rings is 10. The van der Waals surface area contributed by atoms with Crippen LogP contribution in [0, 0.1) is 0 Å². The Bertz CT molecular complexity index is 3470. The van der Waals surface area contributed by atoms with Gasteiger partial charge in [-0.15, -0.1) is 0 Å². The van der Waals surface area contributed by atoms with Crippen molar-refractivity contribution in [2.45, 2.75) is 11.3 Å². The summed E-state index contributed by atoms with van der Waals surface area (Å²) in [5.74, 6) is -0.0989. The Kier molecular flexibility index (Phi) is 7.35. The van der Waals surface area contributed by atoms with Crippen LogP contribution in [0.25, 0.3) is 77.2 Å². The van der Waals surface area contributed by atoms with Crippen molar-refractivity contribution < 1.29 is 4.42 Å². The van der Waals surface area contributed by atoms with E-state index in [-0.39, 0.29) is 5.92 Å². The molecule has 1 heterocycles. The van der Waals surface area contributed by atoms with Gasteiger partial charge in [-0.1, -0.05) is 206 Å². The summed E-state index contributed by atoms with van der Waals surface area (Å²) >= 11 is 0. The molecule has 1 spiro atoms. The molecule has 13 rings (SSSR count). The van der Waals surface area contributed by atoms with Crippen molar-refractivity contribution in [2.24, 2.45) is 0 Å². The molecule has 284 valence electrons. The van der Waals surface area contributed by atoms with Gasteiger partial charge >= 0.3 is 0 Å². The fourth-order valence-corrected chi connectivity index (χ4v) is 11.0. The van der Waals surface area contributed by atoms with Gasteiger partial charge in [0.05, 0.1) is 5.41 Å². The van der Waals surface area contributed by atoms with Gasteiger partial charge in [0.25, 0.3) is 0 Å². The van der Waals surface area contributed by atoms with Crippen molar-refractivity contribution in [3.05, 3.63) is 263 Å². The van der Waals surface area contributed by atoms with Crippen LogP contribution in [0.2, 0.25) is 0 Å². The summed E-state index contributed by atoms with van der Waals surface area (Å²) < 4.78 is 6.81. The number of hydrogen-bond acceptors (Lipinski definition) is 1. The van der Waals surface area contributed by atoms with Gasteiger partial charge in [0.1, 0.15) is 11.2 Å². The van der Waals surface area contributed by atoms with Gasteiger partial charge < -0.3 is 4.42 Å². The number of fused-ring (bicyclic) bond motifs is 15. The monoisotopic (exact) mass is 774 g/mol. The summed E-state index contributed by atoms with van der Waals surface area (Å²) in [5.41, 5.74) is 20.6. The highest BCUT2D eigenvalue weighted by Gasteiger charge is 2.51. The molecular weight excluding hydrogens is 737 g/mol. The molecule has 61 heavy (non-hydrogen) atoms. The minimum absolute atomic E-state index is 0.0989. The first-order valence-corrected chi connectivity index (χ1v) is 21.3. The Balaban J connectivity index is 1.11. The van der Waals surface area contributed by atoms with Gasteiger partial charge in [-0.25, -0.2) is 0 Å². The van der Waals surface area contributed by atoms with E-state index >= 15 is 0 Å². The summed E-state index contributed by atoms with van der Waals surface area (Å²) in [4.78, 5) is 0. The molecule has 1 unspecified atom stereocenters. The Hall–Kier alpha value is -7.74. The van der Waals surface area contributed by atoms with Gasteiger partial charge in [-0.2, -0.15) is 0 Å². The second-order valence-electron chi connectivity index (χ2n) is 16.7. The maximum atomic E-state index is 6.81. The molecule has 0 aliphatic heterocycles. The molecule has 11 aromatic rings. The highest BCUT2D eigenvalue weighted by Crippen LogP contribution is 2.63. The predicted octanol–water partition coefficient (Wildman–Crippen LogP) is 15.6. The van der Waals surface area contributed by atoms with Crippen LogP contribution in [-0.4, -0.2) is 0 Å². The SMILES string of the molecule is c1ccc(-c2cccc(C(c3ccc4c(c3)C3(c5ccccc5-c5ccccc53)c3ccccc3-4)c3cc4c5cc(-c6ccccc6)ccc5oc4c4ccccc34)c2)cc1. The van der Waals surface area contributed by atoms with Crippen molar-refractivity contribution in [3.63, 3.8) is 0 Å². The molecule has 0 fully saturated rings. The molecule has 10 aromatic carbocycles. The molecule has 1 heteroatoms. The zero-order chi connectivity index (χ0) is 40.1. The summed E-state index contributed by atoms with van der Waals surface area (Å²) in [6.07, 6.45) is 0. The van der Waals surface area contributed by atoms with Gasteiger partial charge in [0.15, 0.2) is 0 Å². The topological polar surface area (TPSA) is 13.1 Å². The molecule has 2 aliphatic rings. The zero-order valence-corrected chi connectivity index (χ0v) is 33.3. The van der Waals surface area contributed by atoms with Crippen LogP contribution >= 0.6 is 0 Å². The van der Waals surface area contributed by atoms with Crippen molar-refractivity contribution in [1.82, 2.24) is 0 Å². The molecule has 0 bridgehead atoms. The van der Waals surface area contributed by atoms with Gasteiger partial charge in [0, 0.05) is 22.1 Å². The van der Waals surface area contributed by atoms with Gasteiger partial charge in [-0.3, -0.25) is 0 Å². The van der Waals surface area contributed by atoms with Gasteiger partial charge in [0.2, 0.25) is 0 Å². The Labute approximate surface area is 354 Å². The maximum absolute atomic E-state index is 6.81. The molecule has 2 aliphatic carbocycles. The molecule has 1 aromatic heterocycles. The number of furan rings is 1. The lowest BCUT2D eigenvalue weighted by Gasteiger charge is -2.31. The second kappa shape index (κ2) is 13.1. The van der Waals surface area contributed by atoms with Crippen molar-refractivity contribution >= 4 is 32.7 Å². The molecule has 1 nitrogen and oxygen atoms in total. The van der Waals surface area contributed by atoms with Crippen LogP contribution in [0.3, 0.4) is 0 Å². The van der Waals surface area contributed by atoms with E-state index in [0.717, 1.165) is 27.3 Å². The van der Waals surface area contributed by atoms with Crippen LogP contribution in [-0.2, 0) is 5.41 Å². The second-order valence-corrected chi connectivity index (χ2v) is 16.7. The van der Waals surface area contributed by atoms with Crippen LogP contribution in [0.15, 0.2) is 229 Å². The van der Waals surface area contributed by atoms with Gasteiger partial charge in [-0.05, 0) is 107 Å². The van der Waals surface area contributed by atoms with E-state index in [1.807, 2.05) is 0 Å². The molecule has 0 saturated heterocycles. The first-order chi connectivity index (χ1) is 30.3. The third kappa shape index (κ3) is 4.89. The lowest BCUT2D eigenvalue weighted by atomic mass is 9.69. The van der Waals surface area contributed by atoms with Crippen LogP contribution in [0.5, 0.6) is 0 Å². The number of hydrogen-bond donors (Lipinski definition) is 0. The minimum Gasteiger partial charge on any atom is -0.455 e. The predicted molar refractivity (Wildman–Crippen MR) is 252 cm³/mol. The highest BCUT2D eigenvalue weighted by atomic mass is 16.3. The first kappa shape index (κ1) is 34.2. The van der Waals surface area contributed by atoms with Crippen molar-refractivity contribution in [2.75, 3.05) is 0 Å². The van der Waals surface area contributed by atoms with E-state index in [1.165, 1.54) is 88.8 Å². The fraction of sp³-hybridized carbons (Fsp3) is 0.0333.